The van der Waals surface area contributed by atoms with E-state index in [1.54, 1.807) is 57.6 Å². The van der Waals surface area contributed by atoms with Crippen molar-refractivity contribution in [1.82, 2.24) is 4.90 Å². The number of carbonyl (C=O) groups is 1. The molecule has 0 saturated carbocycles. The molecule has 1 amide bonds. The van der Waals surface area contributed by atoms with Gasteiger partial charge in [0.25, 0.3) is 0 Å². The molecular weight excluding hydrogens is 350 g/mol. The van der Waals surface area contributed by atoms with Crippen molar-refractivity contribution in [1.29, 1.82) is 0 Å². The van der Waals surface area contributed by atoms with Crippen LogP contribution in [0.3, 0.4) is 0 Å². The first-order valence-electron chi connectivity index (χ1n) is 8.12. The van der Waals surface area contributed by atoms with Crippen LogP contribution in [0, 0.1) is 0 Å². The second-order valence-corrected chi connectivity index (χ2v) is 5.98. The van der Waals surface area contributed by atoms with Crippen LogP contribution in [-0.2, 0) is 0 Å². The van der Waals surface area contributed by atoms with E-state index in [1.807, 2.05) is 0 Å². The van der Waals surface area contributed by atoms with Crippen molar-refractivity contribution in [3.63, 3.8) is 0 Å². The highest BCUT2D eigenvalue weighted by Crippen LogP contribution is 2.33. The minimum atomic E-state index is -0.537. The molecule has 0 N–H and O–H groups in total. The van der Waals surface area contributed by atoms with Gasteiger partial charge in [-0.25, -0.2) is 9.59 Å². The molecule has 0 bridgehead atoms. The van der Waals surface area contributed by atoms with E-state index >= 15 is 0 Å². The molecule has 1 heterocycles. The fourth-order valence-electron chi connectivity index (χ4n) is 2.56. The fraction of sp³-hybridized carbons (Fsp3) is 0.200. The maximum atomic E-state index is 12.6. The van der Waals surface area contributed by atoms with Gasteiger partial charge in [0.05, 0.1) is 19.8 Å². The largest absolute Gasteiger partial charge is 0.497 e. The third-order valence-corrected chi connectivity index (χ3v) is 3.97. The molecule has 0 unspecified atom stereocenters. The molecule has 7 heteroatoms. The Hall–Kier alpha value is -3.48. The summed E-state index contributed by atoms with van der Waals surface area (Å²) in [6.07, 6.45) is -0.519. The Morgan fingerprint density at radius 3 is 2.33 bits per heavy atom. The number of hydrogen-bond acceptors (Lipinski definition) is 6. The molecule has 0 aliphatic rings. The van der Waals surface area contributed by atoms with Gasteiger partial charge < -0.3 is 23.5 Å². The molecule has 7 nitrogen and oxygen atoms in total. The lowest BCUT2D eigenvalue weighted by Gasteiger charge is -2.12. The second-order valence-electron chi connectivity index (χ2n) is 5.98. The molecule has 0 fully saturated rings. The van der Waals surface area contributed by atoms with Crippen molar-refractivity contribution in [3.8, 4) is 28.4 Å². The summed E-state index contributed by atoms with van der Waals surface area (Å²) in [7, 11) is 6.24. The molecule has 1 aromatic heterocycles. The van der Waals surface area contributed by atoms with Crippen molar-refractivity contribution >= 4 is 17.1 Å². The maximum absolute atomic E-state index is 12.6. The predicted molar refractivity (Wildman–Crippen MR) is 101 cm³/mol. The Kier molecular flexibility index (Phi) is 5.03. The highest BCUT2D eigenvalue weighted by molar-refractivity contribution is 5.85. The monoisotopic (exact) mass is 369 g/mol. The lowest BCUT2D eigenvalue weighted by atomic mass is 10.0. The van der Waals surface area contributed by atoms with Crippen molar-refractivity contribution in [3.05, 3.63) is 52.9 Å². The van der Waals surface area contributed by atoms with Gasteiger partial charge in [-0.2, -0.15) is 0 Å². The number of fused-ring (bicyclic) bond motifs is 1. The smallest absolute Gasteiger partial charge is 0.414 e. The first kappa shape index (κ1) is 18.3. The van der Waals surface area contributed by atoms with E-state index in [4.69, 9.17) is 18.6 Å². The van der Waals surface area contributed by atoms with Gasteiger partial charge in [-0.3, -0.25) is 0 Å². The Balaban J connectivity index is 2.08. The molecule has 0 aliphatic carbocycles. The third kappa shape index (κ3) is 3.72. The molecule has 140 valence electrons. The Bertz CT molecular complexity index is 1050. The standard InChI is InChI=1S/C20H19NO6/c1-21(2)20(23)26-14-6-5-12-9-16(19(22)27-18(12)11-14)15-10-13(24-3)7-8-17(15)25-4/h5-11H,1-4H3. The SMILES string of the molecule is COc1ccc(OC)c(-c2cc3ccc(OC(=O)N(C)C)cc3oc2=O)c1. The molecule has 0 radical (unpaired) electrons. The number of hydrogen-bond donors (Lipinski definition) is 0. The summed E-state index contributed by atoms with van der Waals surface area (Å²) in [5.41, 5.74) is 0.687. The lowest BCUT2D eigenvalue weighted by Crippen LogP contribution is -2.25. The highest BCUT2D eigenvalue weighted by atomic mass is 16.6. The van der Waals surface area contributed by atoms with Gasteiger partial charge in [0.1, 0.15) is 22.8 Å². The van der Waals surface area contributed by atoms with E-state index in [1.165, 1.54) is 18.1 Å². The van der Waals surface area contributed by atoms with Crippen LogP contribution in [-0.4, -0.2) is 39.3 Å². The summed E-state index contributed by atoms with van der Waals surface area (Å²) in [6.45, 7) is 0. The lowest BCUT2D eigenvalue weighted by molar-refractivity contribution is 0.172. The number of methoxy groups -OCH3 is 2. The summed E-state index contributed by atoms with van der Waals surface area (Å²) in [4.78, 5) is 25.5. The summed E-state index contributed by atoms with van der Waals surface area (Å²) in [5.74, 6) is 1.41. The highest BCUT2D eigenvalue weighted by Gasteiger charge is 2.15. The number of benzene rings is 2. The van der Waals surface area contributed by atoms with Crippen LogP contribution >= 0.6 is 0 Å². The zero-order valence-electron chi connectivity index (χ0n) is 15.4. The molecule has 2 aromatic carbocycles. The molecule has 3 rings (SSSR count). The Morgan fingerprint density at radius 1 is 0.926 bits per heavy atom. The first-order chi connectivity index (χ1) is 12.9. The van der Waals surface area contributed by atoms with Crippen LogP contribution in [0.1, 0.15) is 0 Å². The molecule has 0 saturated heterocycles. The molecule has 0 atom stereocenters. The number of ether oxygens (including phenoxy) is 3. The molecule has 0 aliphatic heterocycles. The van der Waals surface area contributed by atoms with Gasteiger partial charge in [-0.05, 0) is 36.4 Å². The molecule has 27 heavy (non-hydrogen) atoms. The van der Waals surface area contributed by atoms with Gasteiger partial charge in [-0.15, -0.1) is 0 Å². The second kappa shape index (κ2) is 7.41. The van der Waals surface area contributed by atoms with Crippen molar-refractivity contribution in [2.24, 2.45) is 0 Å². The average molecular weight is 369 g/mol. The minimum Gasteiger partial charge on any atom is -0.497 e. The van der Waals surface area contributed by atoms with Gasteiger partial charge in [-0.1, -0.05) is 0 Å². The quantitative estimate of drug-likeness (QED) is 0.655. The maximum Gasteiger partial charge on any atom is 0.414 e. The van der Waals surface area contributed by atoms with Crippen LogP contribution in [0.15, 0.2) is 51.7 Å². The average Bonchev–Trinajstić information content (AvgIpc) is 2.66. The van der Waals surface area contributed by atoms with Gasteiger partial charge in [0.15, 0.2) is 0 Å². The normalized spacial score (nSPS) is 10.5. The van der Waals surface area contributed by atoms with E-state index in [0.29, 0.717) is 33.6 Å². The van der Waals surface area contributed by atoms with E-state index in [9.17, 15) is 9.59 Å². The summed E-state index contributed by atoms with van der Waals surface area (Å²) >= 11 is 0. The summed E-state index contributed by atoms with van der Waals surface area (Å²) in [6, 6.07) is 11.7. The summed E-state index contributed by atoms with van der Waals surface area (Å²) in [5, 5.41) is 0.680. The number of nitrogens with zero attached hydrogens (tertiary/aromatic N) is 1. The molecular formula is C20H19NO6. The fourth-order valence-corrected chi connectivity index (χ4v) is 2.56. The molecule has 3 aromatic rings. The zero-order valence-corrected chi connectivity index (χ0v) is 15.4. The van der Waals surface area contributed by atoms with Gasteiger partial charge in [0, 0.05) is 31.1 Å². The van der Waals surface area contributed by atoms with E-state index in [0.717, 1.165) is 0 Å². The first-order valence-corrected chi connectivity index (χ1v) is 8.12. The molecule has 0 spiro atoms. The Morgan fingerprint density at radius 2 is 1.67 bits per heavy atom. The van der Waals surface area contributed by atoms with Crippen molar-refractivity contribution < 1.29 is 23.4 Å². The van der Waals surface area contributed by atoms with E-state index < -0.39 is 11.7 Å². The Labute approximate surface area is 155 Å². The van der Waals surface area contributed by atoms with Crippen molar-refractivity contribution in [2.75, 3.05) is 28.3 Å². The van der Waals surface area contributed by atoms with Crippen LogP contribution in [0.4, 0.5) is 4.79 Å². The van der Waals surface area contributed by atoms with E-state index in [-0.39, 0.29) is 5.75 Å². The number of rotatable bonds is 4. The predicted octanol–water partition coefficient (Wildman–Crippen LogP) is 3.54. The minimum absolute atomic E-state index is 0.288. The summed E-state index contributed by atoms with van der Waals surface area (Å²) < 4.78 is 21.2. The zero-order chi connectivity index (χ0) is 19.6. The van der Waals surface area contributed by atoms with Crippen LogP contribution < -0.4 is 19.8 Å². The van der Waals surface area contributed by atoms with Gasteiger partial charge in [0.2, 0.25) is 0 Å². The van der Waals surface area contributed by atoms with Crippen LogP contribution in [0.25, 0.3) is 22.1 Å². The van der Waals surface area contributed by atoms with Crippen molar-refractivity contribution in [2.45, 2.75) is 0 Å². The third-order valence-electron chi connectivity index (χ3n) is 3.97. The number of amides is 1. The van der Waals surface area contributed by atoms with Gasteiger partial charge >= 0.3 is 11.7 Å². The van der Waals surface area contributed by atoms with Crippen LogP contribution in [0.2, 0.25) is 0 Å². The number of carbonyl (C=O) groups excluding carboxylic acids is 1. The topological polar surface area (TPSA) is 78.2 Å². The van der Waals surface area contributed by atoms with Crippen LogP contribution in [0.5, 0.6) is 17.2 Å². The van der Waals surface area contributed by atoms with E-state index in [2.05, 4.69) is 0 Å².